The lowest BCUT2D eigenvalue weighted by atomic mass is 10.0. The van der Waals surface area contributed by atoms with Crippen molar-refractivity contribution >= 4 is 0 Å². The van der Waals surface area contributed by atoms with Crippen LogP contribution in [0.3, 0.4) is 0 Å². The minimum absolute atomic E-state index is 0.169. The van der Waals surface area contributed by atoms with Crippen LogP contribution in [-0.4, -0.2) is 44.0 Å². The van der Waals surface area contributed by atoms with Gasteiger partial charge in [0.2, 0.25) is 0 Å². The molecule has 18 heavy (non-hydrogen) atoms. The van der Waals surface area contributed by atoms with Crippen LogP contribution in [0.1, 0.15) is 40.5 Å². The second-order valence-corrected chi connectivity index (χ2v) is 5.59. The van der Waals surface area contributed by atoms with Crippen LogP contribution in [0.25, 0.3) is 0 Å². The van der Waals surface area contributed by atoms with Gasteiger partial charge >= 0.3 is 0 Å². The van der Waals surface area contributed by atoms with Crippen LogP contribution in [0.4, 0.5) is 0 Å². The Labute approximate surface area is 110 Å². The first kappa shape index (κ1) is 15.9. The van der Waals surface area contributed by atoms with Crippen molar-refractivity contribution in [1.82, 2.24) is 0 Å². The predicted molar refractivity (Wildman–Crippen MR) is 69.2 cm³/mol. The summed E-state index contributed by atoms with van der Waals surface area (Å²) in [4.78, 5) is 0. The van der Waals surface area contributed by atoms with E-state index in [1.165, 1.54) is 0 Å². The van der Waals surface area contributed by atoms with E-state index < -0.39 is 5.72 Å². The third-order valence-electron chi connectivity index (χ3n) is 2.89. The van der Waals surface area contributed by atoms with Gasteiger partial charge in [-0.2, -0.15) is 0 Å². The van der Waals surface area contributed by atoms with Crippen LogP contribution in [0.2, 0.25) is 0 Å². The zero-order chi connectivity index (χ0) is 13.6. The van der Waals surface area contributed by atoms with Crippen LogP contribution in [0.15, 0.2) is 0 Å². The van der Waals surface area contributed by atoms with Gasteiger partial charge in [0.1, 0.15) is 12.5 Å². The Morgan fingerprint density at radius 3 is 2.50 bits per heavy atom. The lowest BCUT2D eigenvalue weighted by Gasteiger charge is -2.29. The molecule has 0 saturated carbocycles. The van der Waals surface area contributed by atoms with Gasteiger partial charge in [-0.15, -0.1) is 0 Å². The fraction of sp³-hybridized carbons (Fsp3) is 1.00. The van der Waals surface area contributed by atoms with Crippen molar-refractivity contribution in [3.63, 3.8) is 0 Å². The van der Waals surface area contributed by atoms with Crippen LogP contribution in [-0.2, 0) is 18.9 Å². The zero-order valence-corrected chi connectivity index (χ0v) is 12.0. The molecule has 0 aromatic rings. The molecule has 1 aliphatic rings. The highest BCUT2D eigenvalue weighted by Crippen LogP contribution is 2.25. The number of rotatable bonds is 10. The van der Waals surface area contributed by atoms with Gasteiger partial charge in [0.25, 0.3) is 0 Å². The monoisotopic (exact) mass is 261 g/mol. The molecule has 0 aromatic heterocycles. The Morgan fingerprint density at radius 2 is 1.94 bits per heavy atom. The molecule has 1 saturated heterocycles. The molecule has 5 nitrogen and oxygen atoms in total. The molecule has 0 amide bonds. The molecule has 1 rings (SSSR count). The summed E-state index contributed by atoms with van der Waals surface area (Å²) in [5.41, 5.74) is 5.12. The first-order chi connectivity index (χ1) is 8.35. The van der Waals surface area contributed by atoms with E-state index >= 15 is 0 Å². The van der Waals surface area contributed by atoms with Gasteiger partial charge in [0.15, 0.2) is 0 Å². The van der Waals surface area contributed by atoms with Crippen LogP contribution in [0, 0.1) is 0 Å². The van der Waals surface area contributed by atoms with E-state index in [-0.39, 0.29) is 12.4 Å². The normalized spacial score (nSPS) is 22.8. The second-order valence-electron chi connectivity index (χ2n) is 5.59. The Balaban J connectivity index is 2.13. The number of epoxide rings is 1. The third kappa shape index (κ3) is 7.28. The Kier molecular flexibility index (Phi) is 6.01. The highest BCUT2D eigenvalue weighted by atomic mass is 16.7. The molecule has 2 unspecified atom stereocenters. The molecule has 1 fully saturated rings. The molecule has 2 atom stereocenters. The summed E-state index contributed by atoms with van der Waals surface area (Å²) in [7, 11) is 0. The van der Waals surface area contributed by atoms with E-state index in [9.17, 15) is 0 Å². The minimum atomic E-state index is -0.707. The lowest BCUT2D eigenvalue weighted by Crippen LogP contribution is -2.42. The molecule has 0 radical (unpaired) electrons. The summed E-state index contributed by atoms with van der Waals surface area (Å²) in [5, 5.41) is 0. The molecule has 1 heterocycles. The maximum absolute atomic E-state index is 5.99. The SMILES string of the molecule is CCOCOC(C)(N)CCOC(C)(C)CC1CO1. The minimum Gasteiger partial charge on any atom is -0.375 e. The van der Waals surface area contributed by atoms with Crippen LogP contribution >= 0.6 is 0 Å². The Hall–Kier alpha value is -0.200. The fourth-order valence-corrected chi connectivity index (χ4v) is 1.65. The van der Waals surface area contributed by atoms with Gasteiger partial charge in [0, 0.05) is 19.4 Å². The van der Waals surface area contributed by atoms with E-state index in [0.29, 0.717) is 25.7 Å². The van der Waals surface area contributed by atoms with Crippen LogP contribution < -0.4 is 5.73 Å². The molecule has 108 valence electrons. The van der Waals surface area contributed by atoms with Crippen molar-refractivity contribution in [2.75, 3.05) is 26.6 Å². The quantitative estimate of drug-likeness (QED) is 0.368. The summed E-state index contributed by atoms with van der Waals surface area (Å²) in [6.45, 7) is 10.2. The van der Waals surface area contributed by atoms with Gasteiger partial charge in [-0.25, -0.2) is 0 Å². The van der Waals surface area contributed by atoms with Gasteiger partial charge in [-0.05, 0) is 27.7 Å². The van der Waals surface area contributed by atoms with Crippen molar-refractivity contribution in [3.05, 3.63) is 0 Å². The topological polar surface area (TPSA) is 66.2 Å². The van der Waals surface area contributed by atoms with Gasteiger partial charge < -0.3 is 24.7 Å². The highest BCUT2D eigenvalue weighted by Gasteiger charge is 2.32. The largest absolute Gasteiger partial charge is 0.375 e. The number of ether oxygens (including phenoxy) is 4. The van der Waals surface area contributed by atoms with E-state index in [1.54, 1.807) is 0 Å². The first-order valence-corrected chi connectivity index (χ1v) is 6.61. The van der Waals surface area contributed by atoms with E-state index in [0.717, 1.165) is 13.0 Å². The summed E-state index contributed by atoms with van der Waals surface area (Å²) in [6, 6.07) is 0. The third-order valence-corrected chi connectivity index (χ3v) is 2.89. The van der Waals surface area contributed by atoms with Gasteiger partial charge in [0.05, 0.1) is 24.9 Å². The van der Waals surface area contributed by atoms with Gasteiger partial charge in [-0.3, -0.25) is 0 Å². The van der Waals surface area contributed by atoms with Crippen molar-refractivity contribution < 1.29 is 18.9 Å². The number of hydrogen-bond acceptors (Lipinski definition) is 5. The average molecular weight is 261 g/mol. The molecule has 0 spiro atoms. The van der Waals surface area contributed by atoms with Gasteiger partial charge in [-0.1, -0.05) is 0 Å². The molecule has 1 aliphatic heterocycles. The van der Waals surface area contributed by atoms with Crippen molar-refractivity contribution in [3.8, 4) is 0 Å². The summed E-state index contributed by atoms with van der Waals surface area (Å²) in [6.07, 6.45) is 1.93. The van der Waals surface area contributed by atoms with Crippen molar-refractivity contribution in [1.29, 1.82) is 0 Å². The summed E-state index contributed by atoms with van der Waals surface area (Å²) in [5.74, 6) is 0. The van der Waals surface area contributed by atoms with Crippen molar-refractivity contribution in [2.45, 2.75) is 58.0 Å². The smallest absolute Gasteiger partial charge is 0.149 e. The van der Waals surface area contributed by atoms with E-state index in [2.05, 4.69) is 13.8 Å². The first-order valence-electron chi connectivity index (χ1n) is 6.61. The van der Waals surface area contributed by atoms with Crippen molar-refractivity contribution in [2.24, 2.45) is 5.73 Å². The maximum atomic E-state index is 5.99. The maximum Gasteiger partial charge on any atom is 0.149 e. The molecule has 0 bridgehead atoms. The summed E-state index contributed by atoms with van der Waals surface area (Å²) < 4.78 is 21.6. The van der Waals surface area contributed by atoms with E-state index in [4.69, 9.17) is 24.7 Å². The van der Waals surface area contributed by atoms with Crippen LogP contribution in [0.5, 0.6) is 0 Å². The molecular weight excluding hydrogens is 234 g/mol. The summed E-state index contributed by atoms with van der Waals surface area (Å²) >= 11 is 0. The second kappa shape index (κ2) is 6.82. The number of nitrogens with two attached hydrogens (primary N) is 1. The molecule has 0 aliphatic carbocycles. The standard InChI is InChI=1S/C13H27NO4/c1-5-15-10-18-13(4,14)6-7-17-12(2,3)8-11-9-16-11/h11H,5-10,14H2,1-4H3. The predicted octanol–water partition coefficient (Wildman–Crippen LogP) is 1.65. The number of hydrogen-bond donors (Lipinski definition) is 1. The molecule has 0 aromatic carbocycles. The molecule has 2 N–H and O–H groups in total. The molecular formula is C13H27NO4. The Morgan fingerprint density at radius 1 is 1.28 bits per heavy atom. The fourth-order valence-electron chi connectivity index (χ4n) is 1.65. The molecule has 5 heteroatoms. The lowest BCUT2D eigenvalue weighted by molar-refractivity contribution is -0.145. The average Bonchev–Trinajstić information content (AvgIpc) is 3.00. The van der Waals surface area contributed by atoms with E-state index in [1.807, 2.05) is 13.8 Å². The zero-order valence-electron chi connectivity index (χ0n) is 12.0. The highest BCUT2D eigenvalue weighted by molar-refractivity contribution is 4.81. The Bertz CT molecular complexity index is 239.